The van der Waals surface area contributed by atoms with E-state index in [9.17, 15) is 0 Å². The van der Waals surface area contributed by atoms with Crippen LogP contribution in [0.2, 0.25) is 0 Å². The van der Waals surface area contributed by atoms with Gasteiger partial charge in [0.15, 0.2) is 0 Å². The maximum Gasteiger partial charge on any atom is 0.0195 e. The minimum Gasteiger partial charge on any atom is -0.312 e. The molecule has 15 heavy (non-hydrogen) atoms. The lowest BCUT2D eigenvalue weighted by Crippen LogP contribution is -1.99. The molecule has 0 aromatic rings. The van der Waals surface area contributed by atoms with E-state index in [-0.39, 0.29) is 0 Å². The first-order valence-electron chi connectivity index (χ1n) is 5.58. The predicted molar refractivity (Wildman–Crippen MR) is 68.1 cm³/mol. The van der Waals surface area contributed by atoms with Crippen LogP contribution in [0.3, 0.4) is 0 Å². The van der Waals surface area contributed by atoms with Gasteiger partial charge in [-0.25, -0.2) is 0 Å². The largest absolute Gasteiger partial charge is 0.312 e. The third kappa shape index (κ3) is 9.15. The molecule has 0 radical (unpaired) electrons. The van der Waals surface area contributed by atoms with E-state index in [2.05, 4.69) is 45.0 Å². The Morgan fingerprint density at radius 2 is 1.93 bits per heavy atom. The molecule has 0 aliphatic rings. The van der Waals surface area contributed by atoms with Gasteiger partial charge in [-0.2, -0.15) is 0 Å². The van der Waals surface area contributed by atoms with Crippen LogP contribution >= 0.6 is 0 Å². The normalized spacial score (nSPS) is 13.6. The summed E-state index contributed by atoms with van der Waals surface area (Å²) in [6.07, 6.45) is 15.9. The highest BCUT2D eigenvalue weighted by Crippen LogP contribution is 2.12. The van der Waals surface area contributed by atoms with E-state index in [1.807, 2.05) is 13.2 Å². The highest BCUT2D eigenvalue weighted by molar-refractivity contribution is 4.98. The molecular weight excluding hydrogens is 182 g/mol. The van der Waals surface area contributed by atoms with Crippen molar-refractivity contribution in [2.45, 2.75) is 33.6 Å². The molecule has 0 amide bonds. The summed E-state index contributed by atoms with van der Waals surface area (Å²) in [7, 11) is 1.86. The summed E-state index contributed by atoms with van der Waals surface area (Å²) in [6, 6.07) is 2.51. The zero-order chi connectivity index (χ0) is 11.7. The van der Waals surface area contributed by atoms with Gasteiger partial charge >= 0.3 is 0 Å². The number of hydrogen-bond donors (Lipinski definition) is 0. The molecule has 1 unspecified atom stereocenters. The quantitative estimate of drug-likeness (QED) is 0.363. The van der Waals surface area contributed by atoms with Crippen molar-refractivity contribution >= 4 is 0 Å². The van der Waals surface area contributed by atoms with E-state index in [4.69, 9.17) is 6.42 Å². The third-order valence-electron chi connectivity index (χ3n) is 2.11. The summed E-state index contributed by atoms with van der Waals surface area (Å²) >= 11 is 0. The molecule has 1 nitrogen and oxygen atoms in total. The Balaban J connectivity index is 3.72. The second-order valence-electron chi connectivity index (χ2n) is 4.40. The minimum absolute atomic E-state index is 0.670. The van der Waals surface area contributed by atoms with Gasteiger partial charge in [-0.1, -0.05) is 45.4 Å². The van der Waals surface area contributed by atoms with Gasteiger partial charge in [0.05, 0.1) is 0 Å². The monoisotopic (exact) mass is 205 g/mol. The molecule has 0 heterocycles. The summed E-state index contributed by atoms with van der Waals surface area (Å²) < 4.78 is 0. The molecule has 1 heteroatoms. The molecule has 1 atom stereocenters. The van der Waals surface area contributed by atoms with Crippen LogP contribution in [-0.4, -0.2) is 11.9 Å². The molecule has 0 bridgehead atoms. The summed E-state index contributed by atoms with van der Waals surface area (Å²) in [6.45, 7) is 6.77. The Hall–Kier alpha value is -1.16. The van der Waals surface area contributed by atoms with Crippen molar-refractivity contribution in [3.8, 4) is 12.5 Å². The summed E-state index contributed by atoms with van der Waals surface area (Å²) in [4.78, 5) is 1.71. The topological polar surface area (TPSA) is 3.24 Å². The van der Waals surface area contributed by atoms with Crippen molar-refractivity contribution in [3.05, 3.63) is 24.4 Å². The molecule has 84 valence electrons. The molecule has 0 aliphatic heterocycles. The first kappa shape index (κ1) is 13.8. The Kier molecular flexibility index (Phi) is 7.54. The maximum atomic E-state index is 5.20. The van der Waals surface area contributed by atoms with Crippen molar-refractivity contribution in [2.75, 3.05) is 7.05 Å². The molecule has 0 spiro atoms. The lowest BCUT2D eigenvalue weighted by Gasteiger charge is -2.08. The molecule has 0 aromatic carbocycles. The van der Waals surface area contributed by atoms with Crippen LogP contribution in [0, 0.1) is 24.3 Å². The predicted octanol–water partition coefficient (Wildman–Crippen LogP) is 3.65. The van der Waals surface area contributed by atoms with E-state index in [0.29, 0.717) is 5.92 Å². The third-order valence-corrected chi connectivity index (χ3v) is 2.11. The SMILES string of the molecule is C#CN(C)/C=C\C/C=C\C(C)CC(C)C. The molecule has 0 rings (SSSR count). The lowest BCUT2D eigenvalue weighted by molar-refractivity contribution is 0.502. The van der Waals surface area contributed by atoms with Crippen molar-refractivity contribution in [1.82, 2.24) is 4.90 Å². The van der Waals surface area contributed by atoms with Crippen molar-refractivity contribution < 1.29 is 0 Å². The average Bonchev–Trinajstić information content (AvgIpc) is 2.15. The van der Waals surface area contributed by atoms with Crippen molar-refractivity contribution in [3.63, 3.8) is 0 Å². The second-order valence-corrected chi connectivity index (χ2v) is 4.40. The van der Waals surface area contributed by atoms with Crippen LogP contribution < -0.4 is 0 Å². The van der Waals surface area contributed by atoms with Crippen LogP contribution in [0.15, 0.2) is 24.4 Å². The van der Waals surface area contributed by atoms with Gasteiger partial charge in [-0.15, -0.1) is 0 Å². The fraction of sp³-hybridized carbons (Fsp3) is 0.571. The number of terminal acetylenes is 1. The Bertz CT molecular complexity index is 243. The van der Waals surface area contributed by atoms with E-state index >= 15 is 0 Å². The summed E-state index contributed by atoms with van der Waals surface area (Å²) in [5.41, 5.74) is 0. The van der Waals surface area contributed by atoms with E-state index in [1.54, 1.807) is 4.90 Å². The highest BCUT2D eigenvalue weighted by atomic mass is 15.0. The van der Waals surface area contributed by atoms with Crippen LogP contribution in [0.5, 0.6) is 0 Å². The molecule has 0 N–H and O–H groups in total. The minimum atomic E-state index is 0.670. The molecule has 0 saturated heterocycles. The lowest BCUT2D eigenvalue weighted by atomic mass is 9.98. The fourth-order valence-corrected chi connectivity index (χ4v) is 1.47. The Morgan fingerprint density at radius 3 is 2.47 bits per heavy atom. The van der Waals surface area contributed by atoms with Gasteiger partial charge in [0.2, 0.25) is 0 Å². The van der Waals surface area contributed by atoms with Crippen LogP contribution in [-0.2, 0) is 0 Å². The van der Waals surface area contributed by atoms with Gasteiger partial charge in [0.1, 0.15) is 0 Å². The molecule has 0 aromatic heterocycles. The van der Waals surface area contributed by atoms with Crippen LogP contribution in [0.1, 0.15) is 33.6 Å². The maximum absolute atomic E-state index is 5.20. The van der Waals surface area contributed by atoms with Gasteiger partial charge in [0.25, 0.3) is 0 Å². The van der Waals surface area contributed by atoms with Crippen molar-refractivity contribution in [2.24, 2.45) is 11.8 Å². The zero-order valence-corrected chi connectivity index (χ0v) is 10.4. The molecule has 0 saturated carbocycles. The zero-order valence-electron chi connectivity index (χ0n) is 10.4. The highest BCUT2D eigenvalue weighted by Gasteiger charge is 1.99. The van der Waals surface area contributed by atoms with Crippen LogP contribution in [0.25, 0.3) is 0 Å². The number of allylic oxidation sites excluding steroid dienone is 3. The Morgan fingerprint density at radius 1 is 1.27 bits per heavy atom. The van der Waals surface area contributed by atoms with Gasteiger partial charge < -0.3 is 4.90 Å². The van der Waals surface area contributed by atoms with Crippen molar-refractivity contribution in [1.29, 1.82) is 0 Å². The summed E-state index contributed by atoms with van der Waals surface area (Å²) in [5.74, 6) is 1.44. The smallest absolute Gasteiger partial charge is 0.0195 e. The van der Waals surface area contributed by atoms with E-state index < -0.39 is 0 Å². The standard InChI is InChI=1S/C14H23N/c1-6-15(5)11-9-7-8-10-14(4)12-13(2)3/h1,8-11,13-14H,7,12H2,2-5H3/b10-8-,11-9-. The average molecular weight is 205 g/mol. The molecule has 0 fully saturated rings. The Labute approximate surface area is 94.9 Å². The molecular formula is C14H23N. The van der Waals surface area contributed by atoms with Crippen LogP contribution in [0.4, 0.5) is 0 Å². The number of hydrogen-bond acceptors (Lipinski definition) is 1. The molecule has 0 aliphatic carbocycles. The van der Waals surface area contributed by atoms with E-state index in [0.717, 1.165) is 12.3 Å². The summed E-state index contributed by atoms with van der Waals surface area (Å²) in [5, 5.41) is 0. The number of nitrogens with zero attached hydrogens (tertiary/aromatic N) is 1. The second kappa shape index (κ2) is 8.17. The van der Waals surface area contributed by atoms with Gasteiger partial charge in [-0.05, 0) is 24.7 Å². The first-order valence-corrected chi connectivity index (χ1v) is 5.58. The van der Waals surface area contributed by atoms with E-state index in [1.165, 1.54) is 6.42 Å². The number of rotatable bonds is 6. The van der Waals surface area contributed by atoms with Gasteiger partial charge in [-0.3, -0.25) is 0 Å². The first-order chi connectivity index (χ1) is 7.06. The fourth-order valence-electron chi connectivity index (χ4n) is 1.47. The van der Waals surface area contributed by atoms with Gasteiger partial charge in [0, 0.05) is 19.3 Å².